The molecule has 2 heterocycles. The molecule has 9 heteroatoms. The van der Waals surface area contributed by atoms with E-state index in [-0.39, 0.29) is 42.9 Å². The van der Waals surface area contributed by atoms with E-state index in [1.54, 1.807) is 29.2 Å². The second kappa shape index (κ2) is 8.72. The summed E-state index contributed by atoms with van der Waals surface area (Å²) in [4.78, 5) is 60.8. The molecular formula is C23H29N5O4. The van der Waals surface area contributed by atoms with Crippen LogP contribution in [0.1, 0.15) is 58.2 Å². The van der Waals surface area contributed by atoms with Crippen molar-refractivity contribution >= 4 is 28.7 Å². The minimum absolute atomic E-state index is 0.0191. The number of para-hydroxylation sites is 1. The molecule has 0 unspecified atom stereocenters. The van der Waals surface area contributed by atoms with Gasteiger partial charge < -0.3 is 15.2 Å². The molecule has 1 aromatic heterocycles. The van der Waals surface area contributed by atoms with Gasteiger partial charge in [-0.05, 0) is 38.8 Å². The van der Waals surface area contributed by atoms with E-state index < -0.39 is 11.6 Å². The highest BCUT2D eigenvalue weighted by Gasteiger charge is 2.51. The molecule has 4 amide bonds. The Labute approximate surface area is 186 Å². The van der Waals surface area contributed by atoms with Crippen molar-refractivity contribution in [3.05, 3.63) is 40.4 Å². The van der Waals surface area contributed by atoms with Crippen molar-refractivity contribution < 1.29 is 14.4 Å². The van der Waals surface area contributed by atoms with Gasteiger partial charge in [0.05, 0.1) is 17.4 Å². The maximum atomic E-state index is 13.0. The number of nitrogens with one attached hydrogen (secondary N) is 2. The molecule has 0 bridgehead atoms. The summed E-state index contributed by atoms with van der Waals surface area (Å²) in [6.45, 7) is 3.93. The molecule has 1 aromatic carbocycles. The molecule has 1 saturated heterocycles. The largest absolute Gasteiger partial charge is 0.333 e. The van der Waals surface area contributed by atoms with Crippen molar-refractivity contribution in [1.29, 1.82) is 0 Å². The van der Waals surface area contributed by atoms with Crippen LogP contribution in [0.2, 0.25) is 0 Å². The fraction of sp³-hybridized carbons (Fsp3) is 0.522. The fourth-order valence-corrected chi connectivity index (χ4v) is 4.65. The number of fused-ring (bicyclic) bond motifs is 1. The number of benzene rings is 1. The third-order valence-corrected chi connectivity index (χ3v) is 6.43. The van der Waals surface area contributed by atoms with Crippen molar-refractivity contribution in [2.75, 3.05) is 6.54 Å². The van der Waals surface area contributed by atoms with Crippen LogP contribution in [0.5, 0.6) is 0 Å². The standard InChI is InChI=1S/C23H29N5O4/c1-15(2)28(14-18-24-17-9-5-4-8-16(17)20(30)25-18)19(29)10-13-27-21(31)23(26-22(27)32)11-6-3-7-12-23/h4-5,8-9,15H,3,6-7,10-14H2,1-2H3,(H,26,32)(H,24,25,30). The zero-order valence-corrected chi connectivity index (χ0v) is 18.5. The van der Waals surface area contributed by atoms with Crippen LogP contribution in [-0.4, -0.2) is 55.7 Å². The number of aromatic amines is 1. The third kappa shape index (κ3) is 4.11. The van der Waals surface area contributed by atoms with Gasteiger partial charge in [-0.1, -0.05) is 31.4 Å². The number of hydrogen-bond donors (Lipinski definition) is 2. The first kappa shape index (κ1) is 22.0. The Balaban J connectivity index is 1.45. The summed E-state index contributed by atoms with van der Waals surface area (Å²) in [6.07, 6.45) is 4.22. The number of hydrogen-bond acceptors (Lipinski definition) is 5. The maximum Gasteiger partial charge on any atom is 0.325 e. The van der Waals surface area contributed by atoms with Crippen molar-refractivity contribution in [3.8, 4) is 0 Å². The number of amides is 4. The fourth-order valence-electron chi connectivity index (χ4n) is 4.65. The van der Waals surface area contributed by atoms with Crippen LogP contribution < -0.4 is 10.9 Å². The van der Waals surface area contributed by atoms with Crippen LogP contribution in [0.15, 0.2) is 29.1 Å². The first-order valence-electron chi connectivity index (χ1n) is 11.2. The molecule has 2 N–H and O–H groups in total. The van der Waals surface area contributed by atoms with Gasteiger partial charge in [-0.15, -0.1) is 0 Å². The number of aromatic nitrogens is 2. The molecular weight excluding hydrogens is 410 g/mol. The van der Waals surface area contributed by atoms with E-state index in [1.165, 1.54) is 4.90 Å². The van der Waals surface area contributed by atoms with E-state index in [4.69, 9.17) is 0 Å². The third-order valence-electron chi connectivity index (χ3n) is 6.43. The number of carbonyl (C=O) groups is 3. The average molecular weight is 440 g/mol. The van der Waals surface area contributed by atoms with Crippen molar-refractivity contribution in [2.24, 2.45) is 0 Å². The molecule has 0 atom stereocenters. The van der Waals surface area contributed by atoms with Crippen LogP contribution in [0.3, 0.4) is 0 Å². The first-order chi connectivity index (χ1) is 15.3. The predicted octanol–water partition coefficient (Wildman–Crippen LogP) is 2.30. The van der Waals surface area contributed by atoms with Gasteiger partial charge in [-0.25, -0.2) is 9.78 Å². The summed E-state index contributed by atoms with van der Waals surface area (Å²) in [5.41, 5.74) is -0.469. The molecule has 1 aliphatic carbocycles. The Hall–Kier alpha value is -3.23. The number of rotatable bonds is 6. The molecule has 170 valence electrons. The Morgan fingerprint density at radius 2 is 1.88 bits per heavy atom. The van der Waals surface area contributed by atoms with E-state index in [2.05, 4.69) is 15.3 Å². The van der Waals surface area contributed by atoms with Gasteiger partial charge in [0.25, 0.3) is 11.5 Å². The Kier molecular flexibility index (Phi) is 5.99. The predicted molar refractivity (Wildman–Crippen MR) is 119 cm³/mol. The molecule has 9 nitrogen and oxygen atoms in total. The molecule has 32 heavy (non-hydrogen) atoms. The van der Waals surface area contributed by atoms with Crippen LogP contribution in [-0.2, 0) is 16.1 Å². The second-order valence-electron chi connectivity index (χ2n) is 8.92. The van der Waals surface area contributed by atoms with E-state index in [1.807, 2.05) is 13.8 Å². The average Bonchev–Trinajstić information content (AvgIpc) is 2.99. The monoisotopic (exact) mass is 439 g/mol. The number of carbonyl (C=O) groups excluding carboxylic acids is 3. The zero-order valence-electron chi connectivity index (χ0n) is 18.5. The highest BCUT2D eigenvalue weighted by Crippen LogP contribution is 2.33. The number of urea groups is 1. The van der Waals surface area contributed by atoms with Crippen LogP contribution >= 0.6 is 0 Å². The van der Waals surface area contributed by atoms with Gasteiger partial charge in [0, 0.05) is 19.0 Å². The van der Waals surface area contributed by atoms with Gasteiger partial charge >= 0.3 is 6.03 Å². The Morgan fingerprint density at radius 3 is 2.59 bits per heavy atom. The van der Waals surface area contributed by atoms with Crippen molar-refractivity contribution in [2.45, 2.75) is 70.5 Å². The van der Waals surface area contributed by atoms with Gasteiger partial charge in [0.2, 0.25) is 5.91 Å². The lowest BCUT2D eigenvalue weighted by molar-refractivity contribution is -0.135. The van der Waals surface area contributed by atoms with Crippen molar-refractivity contribution in [1.82, 2.24) is 25.1 Å². The van der Waals surface area contributed by atoms with Crippen LogP contribution in [0, 0.1) is 0 Å². The Morgan fingerprint density at radius 1 is 1.16 bits per heavy atom. The molecule has 2 aliphatic rings. The molecule has 2 fully saturated rings. The summed E-state index contributed by atoms with van der Waals surface area (Å²) in [5, 5.41) is 3.37. The van der Waals surface area contributed by atoms with Crippen molar-refractivity contribution in [3.63, 3.8) is 0 Å². The lowest BCUT2D eigenvalue weighted by atomic mass is 9.82. The van der Waals surface area contributed by atoms with Gasteiger partial charge in [-0.2, -0.15) is 0 Å². The summed E-state index contributed by atoms with van der Waals surface area (Å²) in [5.74, 6) is -0.0282. The summed E-state index contributed by atoms with van der Waals surface area (Å²) in [7, 11) is 0. The van der Waals surface area contributed by atoms with Crippen LogP contribution in [0.25, 0.3) is 10.9 Å². The van der Waals surface area contributed by atoms with E-state index >= 15 is 0 Å². The van der Waals surface area contributed by atoms with E-state index in [9.17, 15) is 19.2 Å². The van der Waals surface area contributed by atoms with Gasteiger partial charge in [0.15, 0.2) is 0 Å². The van der Waals surface area contributed by atoms with E-state index in [0.29, 0.717) is 29.6 Å². The molecule has 1 aliphatic heterocycles. The quantitative estimate of drug-likeness (QED) is 0.670. The number of nitrogens with zero attached hydrogens (tertiary/aromatic N) is 3. The lowest BCUT2D eigenvalue weighted by Gasteiger charge is -2.30. The summed E-state index contributed by atoms with van der Waals surface area (Å²) < 4.78 is 0. The minimum Gasteiger partial charge on any atom is -0.333 e. The van der Waals surface area contributed by atoms with Crippen LogP contribution in [0.4, 0.5) is 4.79 Å². The lowest BCUT2D eigenvalue weighted by Crippen LogP contribution is -2.48. The number of H-pyrrole nitrogens is 1. The number of imide groups is 1. The molecule has 0 radical (unpaired) electrons. The SMILES string of the molecule is CC(C)N(Cc1nc2ccccc2c(=O)[nH]1)C(=O)CCN1C(=O)NC2(CCCCC2)C1=O. The van der Waals surface area contributed by atoms with E-state index in [0.717, 1.165) is 19.3 Å². The molecule has 1 spiro atoms. The minimum atomic E-state index is -0.787. The smallest absolute Gasteiger partial charge is 0.325 e. The normalized spacial score (nSPS) is 17.9. The Bertz CT molecular complexity index is 1100. The highest BCUT2D eigenvalue weighted by atomic mass is 16.2. The van der Waals surface area contributed by atoms with Gasteiger partial charge in [0.1, 0.15) is 11.4 Å². The zero-order chi connectivity index (χ0) is 22.9. The highest BCUT2D eigenvalue weighted by molar-refractivity contribution is 6.07. The first-order valence-corrected chi connectivity index (χ1v) is 11.2. The molecule has 1 saturated carbocycles. The summed E-state index contributed by atoms with van der Waals surface area (Å²) >= 11 is 0. The second-order valence-corrected chi connectivity index (χ2v) is 8.92. The molecule has 2 aromatic rings. The summed E-state index contributed by atoms with van der Waals surface area (Å²) in [6, 6.07) is 6.48. The topological polar surface area (TPSA) is 115 Å². The maximum absolute atomic E-state index is 13.0. The molecule has 4 rings (SSSR count). The van der Waals surface area contributed by atoms with Gasteiger partial charge in [-0.3, -0.25) is 19.3 Å².